The average molecular weight is 213 g/mol. The zero-order chi connectivity index (χ0) is 10.6. The number of hydrogen-bond acceptors (Lipinski definition) is 4. The van der Waals surface area contributed by atoms with Crippen molar-refractivity contribution in [2.45, 2.75) is 34.1 Å². The van der Waals surface area contributed by atoms with Crippen molar-refractivity contribution in [2.24, 2.45) is 5.92 Å². The minimum Gasteiger partial charge on any atom is -0.347 e. The monoisotopic (exact) mass is 213 g/mol. The molecule has 1 rings (SSSR count). The van der Waals surface area contributed by atoms with Crippen LogP contribution in [0.5, 0.6) is 0 Å². The molecule has 0 spiro atoms. The van der Waals surface area contributed by atoms with Gasteiger partial charge in [-0.15, -0.1) is 0 Å². The van der Waals surface area contributed by atoms with E-state index in [4.69, 9.17) is 0 Å². The molecule has 0 N–H and O–H groups in total. The van der Waals surface area contributed by atoms with E-state index >= 15 is 0 Å². The van der Waals surface area contributed by atoms with E-state index in [1.165, 1.54) is 18.0 Å². The number of anilines is 1. The van der Waals surface area contributed by atoms with Crippen LogP contribution in [-0.4, -0.2) is 22.4 Å². The second kappa shape index (κ2) is 5.29. The Hall–Kier alpha value is -0.640. The fourth-order valence-electron chi connectivity index (χ4n) is 1.26. The fraction of sp³-hybridized carbons (Fsp3) is 0.800. The van der Waals surface area contributed by atoms with Gasteiger partial charge in [-0.25, -0.2) is 4.98 Å². The quantitative estimate of drug-likeness (QED) is 0.753. The molecule has 80 valence electrons. The van der Waals surface area contributed by atoms with Gasteiger partial charge in [-0.2, -0.15) is 4.37 Å². The smallest absolute Gasteiger partial charge is 0.205 e. The van der Waals surface area contributed by atoms with Crippen molar-refractivity contribution in [3.05, 3.63) is 5.82 Å². The molecule has 0 aliphatic heterocycles. The van der Waals surface area contributed by atoms with E-state index in [0.29, 0.717) is 0 Å². The molecule has 0 radical (unpaired) electrons. The third kappa shape index (κ3) is 2.94. The summed E-state index contributed by atoms with van der Waals surface area (Å²) in [7, 11) is 0. The second-order valence-electron chi connectivity index (χ2n) is 3.68. The Labute approximate surface area is 90.3 Å². The van der Waals surface area contributed by atoms with Crippen LogP contribution in [-0.2, 0) is 0 Å². The van der Waals surface area contributed by atoms with E-state index in [-0.39, 0.29) is 0 Å². The van der Waals surface area contributed by atoms with Crippen LogP contribution in [0.1, 0.15) is 33.0 Å². The zero-order valence-corrected chi connectivity index (χ0v) is 10.3. The van der Waals surface area contributed by atoms with E-state index in [0.717, 1.165) is 30.0 Å². The fourth-order valence-corrected chi connectivity index (χ4v) is 2.01. The first-order valence-electron chi connectivity index (χ1n) is 5.22. The highest BCUT2D eigenvalue weighted by molar-refractivity contribution is 7.09. The largest absolute Gasteiger partial charge is 0.347 e. The first kappa shape index (κ1) is 11.4. The molecule has 0 aliphatic rings. The molecule has 0 saturated heterocycles. The van der Waals surface area contributed by atoms with Gasteiger partial charge in [-0.3, -0.25) is 0 Å². The molecule has 0 saturated carbocycles. The summed E-state index contributed by atoms with van der Waals surface area (Å²) in [5, 5.41) is 1.06. The molecular formula is C10H19N3S. The molecule has 1 aromatic rings. The highest BCUT2D eigenvalue weighted by Gasteiger charge is 2.11. The molecule has 1 unspecified atom stereocenters. The standard InChI is InChI=1S/C10H19N3S/c1-5-8(3)7-13(6-2)10-11-9(4)12-14-10/h8H,5-7H2,1-4H3. The molecule has 0 aromatic carbocycles. The average Bonchev–Trinajstić information content (AvgIpc) is 2.60. The third-order valence-electron chi connectivity index (χ3n) is 2.40. The molecule has 1 aromatic heterocycles. The van der Waals surface area contributed by atoms with Gasteiger partial charge in [-0.05, 0) is 19.8 Å². The van der Waals surface area contributed by atoms with Gasteiger partial charge in [0.1, 0.15) is 5.82 Å². The zero-order valence-electron chi connectivity index (χ0n) is 9.45. The van der Waals surface area contributed by atoms with E-state index in [1.54, 1.807) is 0 Å². The summed E-state index contributed by atoms with van der Waals surface area (Å²) >= 11 is 1.50. The van der Waals surface area contributed by atoms with E-state index in [2.05, 4.69) is 35.0 Å². The molecular weight excluding hydrogens is 194 g/mol. The summed E-state index contributed by atoms with van der Waals surface area (Å²) in [5.74, 6) is 1.60. The van der Waals surface area contributed by atoms with E-state index in [9.17, 15) is 0 Å². The van der Waals surface area contributed by atoms with E-state index in [1.807, 2.05) is 6.92 Å². The van der Waals surface area contributed by atoms with Crippen molar-refractivity contribution >= 4 is 16.7 Å². The summed E-state index contributed by atoms with van der Waals surface area (Å²) < 4.78 is 4.21. The second-order valence-corrected chi connectivity index (χ2v) is 4.41. The predicted molar refractivity (Wildman–Crippen MR) is 62.0 cm³/mol. The third-order valence-corrected chi connectivity index (χ3v) is 3.27. The van der Waals surface area contributed by atoms with Crippen LogP contribution in [0, 0.1) is 12.8 Å². The molecule has 1 heterocycles. The summed E-state index contributed by atoms with van der Waals surface area (Å²) in [5.41, 5.74) is 0. The predicted octanol–water partition coefficient (Wildman–Crippen LogP) is 2.72. The van der Waals surface area contributed by atoms with Crippen LogP contribution < -0.4 is 4.90 Å². The summed E-state index contributed by atoms with van der Waals surface area (Å²) in [4.78, 5) is 6.71. The number of nitrogens with zero attached hydrogens (tertiary/aromatic N) is 3. The minimum atomic E-state index is 0.721. The Kier molecular flexibility index (Phi) is 4.32. The summed E-state index contributed by atoms with van der Waals surface area (Å²) in [6.45, 7) is 10.7. The van der Waals surface area contributed by atoms with Crippen LogP contribution in [0.4, 0.5) is 5.13 Å². The van der Waals surface area contributed by atoms with Gasteiger partial charge in [0, 0.05) is 24.6 Å². The number of rotatable bonds is 5. The van der Waals surface area contributed by atoms with E-state index < -0.39 is 0 Å². The normalized spacial score (nSPS) is 12.9. The van der Waals surface area contributed by atoms with Gasteiger partial charge in [0.05, 0.1) is 0 Å². The van der Waals surface area contributed by atoms with Gasteiger partial charge >= 0.3 is 0 Å². The van der Waals surface area contributed by atoms with Crippen molar-refractivity contribution < 1.29 is 0 Å². The lowest BCUT2D eigenvalue weighted by Gasteiger charge is -2.22. The molecule has 0 bridgehead atoms. The molecule has 0 aliphatic carbocycles. The summed E-state index contributed by atoms with van der Waals surface area (Å²) in [6.07, 6.45) is 1.22. The van der Waals surface area contributed by atoms with Crippen LogP contribution in [0.15, 0.2) is 0 Å². The SMILES string of the molecule is CCC(C)CN(CC)c1nc(C)ns1. The van der Waals surface area contributed by atoms with Gasteiger partial charge < -0.3 is 4.90 Å². The van der Waals surface area contributed by atoms with Crippen LogP contribution in [0.2, 0.25) is 0 Å². The van der Waals surface area contributed by atoms with Crippen LogP contribution in [0.3, 0.4) is 0 Å². The maximum absolute atomic E-state index is 4.40. The molecule has 3 nitrogen and oxygen atoms in total. The number of hydrogen-bond donors (Lipinski definition) is 0. The van der Waals surface area contributed by atoms with Crippen LogP contribution in [0.25, 0.3) is 0 Å². The number of aryl methyl sites for hydroxylation is 1. The molecule has 0 fully saturated rings. The minimum absolute atomic E-state index is 0.721. The highest BCUT2D eigenvalue weighted by Crippen LogP contribution is 2.18. The maximum Gasteiger partial charge on any atom is 0.205 e. The van der Waals surface area contributed by atoms with Gasteiger partial charge in [0.25, 0.3) is 0 Å². The Balaban J connectivity index is 2.62. The Morgan fingerprint density at radius 3 is 2.57 bits per heavy atom. The van der Waals surface area contributed by atoms with Crippen molar-refractivity contribution in [1.29, 1.82) is 0 Å². The van der Waals surface area contributed by atoms with Crippen molar-refractivity contribution in [3.63, 3.8) is 0 Å². The molecule has 0 amide bonds. The Bertz CT molecular complexity index is 272. The molecule has 14 heavy (non-hydrogen) atoms. The highest BCUT2D eigenvalue weighted by atomic mass is 32.1. The van der Waals surface area contributed by atoms with Crippen molar-refractivity contribution in [2.75, 3.05) is 18.0 Å². The lowest BCUT2D eigenvalue weighted by atomic mass is 10.1. The topological polar surface area (TPSA) is 29.0 Å². The Morgan fingerprint density at radius 1 is 1.43 bits per heavy atom. The first-order valence-corrected chi connectivity index (χ1v) is 6.00. The maximum atomic E-state index is 4.40. The lowest BCUT2D eigenvalue weighted by Crippen LogP contribution is -2.27. The van der Waals surface area contributed by atoms with Crippen molar-refractivity contribution in [3.8, 4) is 0 Å². The van der Waals surface area contributed by atoms with Crippen molar-refractivity contribution in [1.82, 2.24) is 9.36 Å². The van der Waals surface area contributed by atoms with Gasteiger partial charge in [0.15, 0.2) is 0 Å². The molecule has 1 atom stereocenters. The molecule has 4 heteroatoms. The van der Waals surface area contributed by atoms with Gasteiger partial charge in [-0.1, -0.05) is 20.3 Å². The number of aromatic nitrogens is 2. The van der Waals surface area contributed by atoms with Gasteiger partial charge in [0.2, 0.25) is 5.13 Å². The lowest BCUT2D eigenvalue weighted by molar-refractivity contribution is 0.547. The Morgan fingerprint density at radius 2 is 2.14 bits per heavy atom. The van der Waals surface area contributed by atoms with Crippen LogP contribution >= 0.6 is 11.5 Å². The summed E-state index contributed by atoms with van der Waals surface area (Å²) in [6, 6.07) is 0. The first-order chi connectivity index (χ1) is 6.67.